The summed E-state index contributed by atoms with van der Waals surface area (Å²) in [6.45, 7) is 1.97. The largest absolute Gasteiger partial charge is 0.379 e. The Kier molecular flexibility index (Phi) is 7.15. The quantitative estimate of drug-likeness (QED) is 0.813. The zero-order chi connectivity index (χ0) is 15.9. The van der Waals surface area contributed by atoms with Crippen molar-refractivity contribution in [3.8, 4) is 0 Å². The van der Waals surface area contributed by atoms with E-state index in [1.165, 1.54) is 6.42 Å². The fourth-order valence-electron chi connectivity index (χ4n) is 3.69. The van der Waals surface area contributed by atoms with Crippen LogP contribution in [0, 0.1) is 0 Å². The summed E-state index contributed by atoms with van der Waals surface area (Å²) in [6.07, 6.45) is 8.35. The highest BCUT2D eigenvalue weighted by Gasteiger charge is 2.29. The van der Waals surface area contributed by atoms with Crippen molar-refractivity contribution in [1.82, 2.24) is 10.6 Å². The van der Waals surface area contributed by atoms with Crippen molar-refractivity contribution in [2.24, 2.45) is 0 Å². The molecular weight excluding hydrogens is 300 g/mol. The Balaban J connectivity index is 1.79. The number of methoxy groups -OCH3 is 1. The zero-order valence-electron chi connectivity index (χ0n) is 13.8. The van der Waals surface area contributed by atoms with Gasteiger partial charge in [0.05, 0.1) is 12.1 Å². The maximum Gasteiger partial charge on any atom is 0.315 e. The average molecular weight is 330 g/mol. The van der Waals surface area contributed by atoms with Crippen molar-refractivity contribution in [2.75, 3.05) is 12.9 Å². The predicted molar refractivity (Wildman–Crippen MR) is 89.4 cm³/mol. The predicted octanol–water partition coefficient (Wildman–Crippen LogP) is 2.32. The van der Waals surface area contributed by atoms with Crippen LogP contribution >= 0.6 is 0 Å². The Morgan fingerprint density at radius 3 is 2.64 bits per heavy atom. The number of nitrogens with one attached hydrogen (secondary N) is 2. The van der Waals surface area contributed by atoms with Gasteiger partial charge in [0.2, 0.25) is 0 Å². The highest BCUT2D eigenvalue weighted by molar-refractivity contribution is 7.85. The average Bonchev–Trinajstić information content (AvgIpc) is 2.54. The summed E-state index contributed by atoms with van der Waals surface area (Å²) in [4.78, 5) is 12.2. The molecule has 0 spiro atoms. The van der Waals surface area contributed by atoms with Crippen LogP contribution in [-0.2, 0) is 15.5 Å². The van der Waals surface area contributed by atoms with Crippen LogP contribution in [0.4, 0.5) is 4.79 Å². The number of urea groups is 1. The Morgan fingerprint density at radius 1 is 1.14 bits per heavy atom. The number of amides is 2. The molecule has 0 saturated heterocycles. The lowest BCUT2D eigenvalue weighted by Gasteiger charge is -2.33. The number of ether oxygens (including phenoxy) is 1. The van der Waals surface area contributed by atoms with E-state index < -0.39 is 10.8 Å². The lowest BCUT2D eigenvalue weighted by molar-refractivity contribution is 0.0450. The molecule has 0 heterocycles. The Bertz CT molecular complexity index is 392. The lowest BCUT2D eigenvalue weighted by Crippen LogP contribution is -2.52. The minimum absolute atomic E-state index is 0.0955. The fourth-order valence-corrected chi connectivity index (χ4v) is 5.04. The first-order valence-corrected chi connectivity index (χ1v) is 9.99. The second kappa shape index (κ2) is 8.87. The minimum Gasteiger partial charge on any atom is -0.379 e. The molecule has 2 rings (SSSR count). The van der Waals surface area contributed by atoms with Gasteiger partial charge in [-0.05, 0) is 32.1 Å². The normalized spacial score (nSPS) is 33.9. The third-order valence-corrected chi connectivity index (χ3v) is 6.68. The highest BCUT2D eigenvalue weighted by Crippen LogP contribution is 2.23. The Labute approximate surface area is 136 Å². The molecular formula is C16H30N2O3S. The molecule has 2 saturated carbocycles. The summed E-state index contributed by atoms with van der Waals surface area (Å²) in [5, 5.41) is 6.40. The van der Waals surface area contributed by atoms with Crippen LogP contribution in [0.25, 0.3) is 0 Å². The number of rotatable bonds is 5. The zero-order valence-corrected chi connectivity index (χ0v) is 14.6. The van der Waals surface area contributed by atoms with E-state index in [0.717, 1.165) is 44.9 Å². The van der Waals surface area contributed by atoms with E-state index in [1.807, 2.05) is 6.92 Å². The van der Waals surface area contributed by atoms with Crippen LogP contribution in [-0.4, -0.2) is 46.5 Å². The molecule has 2 N–H and O–H groups in total. The van der Waals surface area contributed by atoms with Crippen molar-refractivity contribution in [3.05, 3.63) is 0 Å². The van der Waals surface area contributed by atoms with Gasteiger partial charge in [-0.15, -0.1) is 0 Å². The summed E-state index contributed by atoms with van der Waals surface area (Å²) in [7, 11) is 0.963. The number of carbonyl (C=O) groups is 1. The highest BCUT2D eigenvalue weighted by atomic mass is 32.2. The molecule has 2 aliphatic rings. The van der Waals surface area contributed by atoms with E-state index in [1.54, 1.807) is 7.11 Å². The molecule has 0 aromatic rings. The van der Waals surface area contributed by atoms with E-state index in [9.17, 15) is 9.00 Å². The first-order valence-electron chi connectivity index (χ1n) is 8.61. The van der Waals surface area contributed by atoms with Crippen LogP contribution in [0.5, 0.6) is 0 Å². The van der Waals surface area contributed by atoms with Crippen LogP contribution in [0.3, 0.4) is 0 Å². The van der Waals surface area contributed by atoms with E-state index >= 15 is 0 Å². The van der Waals surface area contributed by atoms with Gasteiger partial charge in [-0.1, -0.05) is 26.2 Å². The van der Waals surface area contributed by atoms with Crippen molar-refractivity contribution in [1.29, 1.82) is 0 Å². The van der Waals surface area contributed by atoms with Gasteiger partial charge in [0.1, 0.15) is 0 Å². The van der Waals surface area contributed by atoms with Crippen molar-refractivity contribution >= 4 is 16.8 Å². The first kappa shape index (κ1) is 17.7. The third-order valence-electron chi connectivity index (χ3n) is 4.94. The molecule has 0 bridgehead atoms. The number of hydrogen-bond acceptors (Lipinski definition) is 3. The summed E-state index contributed by atoms with van der Waals surface area (Å²) in [6, 6.07) is 0.170. The fraction of sp³-hybridized carbons (Fsp3) is 0.938. The molecule has 2 amide bonds. The molecule has 22 heavy (non-hydrogen) atoms. The molecule has 2 aliphatic carbocycles. The molecule has 2 fully saturated rings. The van der Waals surface area contributed by atoms with Crippen molar-refractivity contribution in [2.45, 2.75) is 81.7 Å². The van der Waals surface area contributed by atoms with Crippen molar-refractivity contribution in [3.63, 3.8) is 0 Å². The van der Waals surface area contributed by atoms with Gasteiger partial charge in [-0.25, -0.2) is 4.79 Å². The molecule has 0 aromatic heterocycles. The number of hydrogen-bond donors (Lipinski definition) is 2. The second-order valence-electron chi connectivity index (χ2n) is 6.44. The SMILES string of the molecule is CCS(=O)C1CCCC(NC(=O)NC2CCCCC2OC)C1. The molecule has 0 aromatic carbocycles. The van der Waals surface area contributed by atoms with E-state index in [4.69, 9.17) is 4.74 Å². The molecule has 0 radical (unpaired) electrons. The lowest BCUT2D eigenvalue weighted by atomic mass is 9.92. The van der Waals surface area contributed by atoms with Crippen LogP contribution in [0.15, 0.2) is 0 Å². The second-order valence-corrected chi connectivity index (χ2v) is 8.44. The van der Waals surface area contributed by atoms with E-state index in [2.05, 4.69) is 10.6 Å². The summed E-state index contributed by atoms with van der Waals surface area (Å²) in [5.41, 5.74) is 0. The molecule has 5 unspecified atom stereocenters. The summed E-state index contributed by atoms with van der Waals surface area (Å²) in [5.74, 6) is 0.710. The standard InChI is InChI=1S/C16H30N2O3S/c1-3-22(20)13-8-6-7-12(11-13)17-16(19)18-14-9-4-5-10-15(14)21-2/h12-15H,3-11H2,1-2H3,(H2,17,18,19). The maximum absolute atomic E-state index is 12.2. The van der Waals surface area contributed by atoms with Gasteiger partial charge in [0, 0.05) is 35.0 Å². The van der Waals surface area contributed by atoms with Gasteiger partial charge < -0.3 is 15.4 Å². The van der Waals surface area contributed by atoms with Crippen molar-refractivity contribution < 1.29 is 13.7 Å². The topological polar surface area (TPSA) is 67.4 Å². The summed E-state index contributed by atoms with van der Waals surface area (Å²) < 4.78 is 17.4. The number of carbonyl (C=O) groups excluding carboxylic acids is 1. The smallest absolute Gasteiger partial charge is 0.315 e. The first-order chi connectivity index (χ1) is 10.6. The Hall–Kier alpha value is -0.620. The van der Waals surface area contributed by atoms with Crippen LogP contribution < -0.4 is 10.6 Å². The van der Waals surface area contributed by atoms with Gasteiger partial charge in [-0.2, -0.15) is 0 Å². The molecule has 128 valence electrons. The molecule has 5 nitrogen and oxygen atoms in total. The van der Waals surface area contributed by atoms with Gasteiger partial charge in [0.25, 0.3) is 0 Å². The van der Waals surface area contributed by atoms with Crippen LogP contribution in [0.2, 0.25) is 0 Å². The minimum atomic E-state index is -0.754. The van der Waals surface area contributed by atoms with E-state index in [0.29, 0.717) is 5.75 Å². The van der Waals surface area contributed by atoms with Gasteiger partial charge in [0.15, 0.2) is 0 Å². The Morgan fingerprint density at radius 2 is 1.91 bits per heavy atom. The van der Waals surface area contributed by atoms with Gasteiger partial charge in [-0.3, -0.25) is 4.21 Å². The summed E-state index contributed by atoms with van der Waals surface area (Å²) >= 11 is 0. The van der Waals surface area contributed by atoms with Crippen LogP contribution in [0.1, 0.15) is 58.3 Å². The molecule has 5 atom stereocenters. The molecule has 6 heteroatoms. The monoisotopic (exact) mass is 330 g/mol. The van der Waals surface area contributed by atoms with Gasteiger partial charge >= 0.3 is 6.03 Å². The van der Waals surface area contributed by atoms with E-state index in [-0.39, 0.29) is 29.5 Å². The third kappa shape index (κ3) is 4.95. The maximum atomic E-state index is 12.2. The molecule has 0 aliphatic heterocycles.